The zero-order valence-corrected chi connectivity index (χ0v) is 17.7. The van der Waals surface area contributed by atoms with E-state index in [9.17, 15) is 22.8 Å². The number of carbonyl (C=O) groups is 2. The van der Waals surface area contributed by atoms with Crippen LogP contribution in [0.2, 0.25) is 0 Å². The van der Waals surface area contributed by atoms with E-state index in [0.717, 1.165) is 23.5 Å². The van der Waals surface area contributed by atoms with Crippen LogP contribution in [0.5, 0.6) is 5.75 Å². The van der Waals surface area contributed by atoms with Gasteiger partial charge in [-0.25, -0.2) is 9.78 Å². The number of hydrogen-bond acceptors (Lipinski definition) is 6. The van der Waals surface area contributed by atoms with Crippen molar-refractivity contribution in [3.8, 4) is 5.75 Å². The number of nitrogens with two attached hydrogens (primary N) is 2. The van der Waals surface area contributed by atoms with Gasteiger partial charge in [0.25, 0.3) is 5.91 Å². The normalized spacial score (nSPS) is 15.6. The van der Waals surface area contributed by atoms with Crippen LogP contribution in [0.1, 0.15) is 32.0 Å². The van der Waals surface area contributed by atoms with E-state index in [-0.39, 0.29) is 17.2 Å². The molecule has 33 heavy (non-hydrogen) atoms. The quantitative estimate of drug-likeness (QED) is 0.492. The first kappa shape index (κ1) is 22.4. The molecule has 2 heterocycles. The van der Waals surface area contributed by atoms with Crippen LogP contribution in [-0.4, -0.2) is 34.7 Å². The number of carbonyl (C=O) groups excluding carboxylic acids is 2. The second-order valence-electron chi connectivity index (χ2n) is 7.17. The molecular weight excluding hydrogens is 459 g/mol. The highest BCUT2D eigenvalue weighted by atomic mass is 32.1. The van der Waals surface area contributed by atoms with Gasteiger partial charge in [0.15, 0.2) is 5.01 Å². The Bertz CT molecular complexity index is 1200. The molecule has 12 heteroatoms. The molecule has 1 aliphatic rings. The lowest BCUT2D eigenvalue weighted by Crippen LogP contribution is -2.42. The molecule has 1 unspecified atom stereocenters. The van der Waals surface area contributed by atoms with Gasteiger partial charge in [-0.1, -0.05) is 18.2 Å². The summed E-state index contributed by atoms with van der Waals surface area (Å²) in [6.45, 7) is 0.273. The number of hydrogen-bond donors (Lipinski definition) is 3. The molecular formula is C21H18F3N5O3S. The second-order valence-corrected chi connectivity index (χ2v) is 8.20. The molecule has 172 valence electrons. The van der Waals surface area contributed by atoms with Crippen molar-refractivity contribution in [3.05, 3.63) is 69.7 Å². The van der Waals surface area contributed by atoms with Crippen LogP contribution in [0.25, 0.3) is 0 Å². The third kappa shape index (κ3) is 4.85. The van der Waals surface area contributed by atoms with Crippen molar-refractivity contribution in [1.82, 2.24) is 9.88 Å². The van der Waals surface area contributed by atoms with Crippen LogP contribution in [0.3, 0.4) is 0 Å². The molecule has 4 rings (SSSR count). The average Bonchev–Trinajstić information content (AvgIpc) is 3.19. The fraction of sp³-hybridized carbons (Fsp3) is 0.190. The summed E-state index contributed by atoms with van der Waals surface area (Å²) in [4.78, 5) is 31.4. The number of amides is 3. The Morgan fingerprint density at radius 2 is 1.85 bits per heavy atom. The highest BCUT2D eigenvalue weighted by Gasteiger charge is 2.36. The first-order valence-corrected chi connectivity index (χ1v) is 10.5. The Morgan fingerprint density at radius 1 is 1.15 bits per heavy atom. The monoisotopic (exact) mass is 477 g/mol. The minimum Gasteiger partial charge on any atom is -0.406 e. The molecule has 0 aliphatic carbocycles. The van der Waals surface area contributed by atoms with Crippen LogP contribution in [0.15, 0.2) is 48.5 Å². The number of nitrogens with zero attached hydrogens (tertiary/aromatic N) is 2. The van der Waals surface area contributed by atoms with Crippen LogP contribution in [0.4, 0.5) is 29.3 Å². The van der Waals surface area contributed by atoms with Crippen molar-refractivity contribution >= 4 is 34.6 Å². The van der Waals surface area contributed by atoms with Crippen LogP contribution in [-0.2, 0) is 6.42 Å². The summed E-state index contributed by atoms with van der Waals surface area (Å²) in [7, 11) is 0. The number of thiazole rings is 1. The predicted molar refractivity (Wildman–Crippen MR) is 116 cm³/mol. The van der Waals surface area contributed by atoms with Gasteiger partial charge in [0.2, 0.25) is 0 Å². The lowest BCUT2D eigenvalue weighted by Gasteiger charge is -2.35. The molecule has 8 nitrogen and oxygen atoms in total. The molecule has 5 N–H and O–H groups in total. The zero-order chi connectivity index (χ0) is 23.8. The number of nitrogens with one attached hydrogen (secondary N) is 1. The Labute approximate surface area is 190 Å². The number of para-hydroxylation sites is 1. The maximum absolute atomic E-state index is 13.2. The number of aromatic nitrogens is 1. The molecule has 3 amide bonds. The number of rotatable bonds is 4. The number of fused-ring (bicyclic) bond motifs is 1. The van der Waals surface area contributed by atoms with Crippen molar-refractivity contribution < 1.29 is 27.5 Å². The second kappa shape index (κ2) is 8.62. The molecule has 2 aromatic carbocycles. The number of halogens is 3. The molecule has 0 spiro atoms. The topological polar surface area (TPSA) is 124 Å². The Morgan fingerprint density at radius 3 is 2.48 bits per heavy atom. The summed E-state index contributed by atoms with van der Waals surface area (Å²) in [5.41, 5.74) is 13.6. The minimum absolute atomic E-state index is 0.141. The SMILES string of the molecule is NC(=O)c1nc2c(s1)C(c1ccccc1N)N(C(=O)Nc1ccc(OC(F)(F)F)cc1)CC2. The Balaban J connectivity index is 1.63. The largest absolute Gasteiger partial charge is 0.573 e. The van der Waals surface area contributed by atoms with Gasteiger partial charge in [-0.3, -0.25) is 4.79 Å². The lowest BCUT2D eigenvalue weighted by molar-refractivity contribution is -0.274. The van der Waals surface area contributed by atoms with Gasteiger partial charge >= 0.3 is 12.4 Å². The average molecular weight is 477 g/mol. The van der Waals surface area contributed by atoms with Crippen molar-refractivity contribution in [2.45, 2.75) is 18.8 Å². The first-order chi connectivity index (χ1) is 15.6. The fourth-order valence-corrected chi connectivity index (χ4v) is 4.68. The number of anilines is 2. The zero-order valence-electron chi connectivity index (χ0n) is 16.9. The smallest absolute Gasteiger partial charge is 0.406 e. The molecule has 3 aromatic rings. The number of benzene rings is 2. The van der Waals surface area contributed by atoms with E-state index in [4.69, 9.17) is 11.5 Å². The summed E-state index contributed by atoms with van der Waals surface area (Å²) < 4.78 is 40.9. The van der Waals surface area contributed by atoms with E-state index in [1.165, 1.54) is 17.0 Å². The fourth-order valence-electron chi connectivity index (χ4n) is 3.58. The molecule has 0 saturated heterocycles. The summed E-state index contributed by atoms with van der Waals surface area (Å²) in [6.07, 6.45) is -4.41. The number of ether oxygens (including phenoxy) is 1. The maximum Gasteiger partial charge on any atom is 0.573 e. The van der Waals surface area contributed by atoms with E-state index in [0.29, 0.717) is 28.2 Å². The van der Waals surface area contributed by atoms with Gasteiger partial charge in [0.1, 0.15) is 5.75 Å². The van der Waals surface area contributed by atoms with Crippen LogP contribution >= 0.6 is 11.3 Å². The highest BCUT2D eigenvalue weighted by molar-refractivity contribution is 7.13. The van der Waals surface area contributed by atoms with E-state index >= 15 is 0 Å². The molecule has 1 aromatic heterocycles. The van der Waals surface area contributed by atoms with E-state index in [1.807, 2.05) is 0 Å². The maximum atomic E-state index is 13.2. The van der Waals surface area contributed by atoms with Gasteiger partial charge in [-0.2, -0.15) is 0 Å². The third-order valence-electron chi connectivity index (χ3n) is 4.98. The van der Waals surface area contributed by atoms with E-state index in [1.54, 1.807) is 24.3 Å². The standard InChI is InChI=1S/C21H18F3N5O3S/c22-21(23,24)32-12-7-5-11(6-8-12)27-20(31)29-10-9-15-17(33-19(28-15)18(26)30)16(29)13-3-1-2-4-14(13)25/h1-8,16H,9-10,25H2,(H2,26,30)(H,27,31). The Kier molecular flexibility index (Phi) is 5.85. The van der Waals surface area contributed by atoms with E-state index in [2.05, 4.69) is 15.0 Å². The van der Waals surface area contributed by atoms with Crippen LogP contribution in [0, 0.1) is 0 Å². The third-order valence-corrected chi connectivity index (χ3v) is 6.14. The molecule has 1 atom stereocenters. The van der Waals surface area contributed by atoms with Gasteiger partial charge in [0, 0.05) is 29.9 Å². The molecule has 0 fully saturated rings. The minimum atomic E-state index is -4.81. The molecule has 0 saturated carbocycles. The van der Waals surface area contributed by atoms with Crippen molar-refractivity contribution in [2.24, 2.45) is 5.73 Å². The van der Waals surface area contributed by atoms with Gasteiger partial charge in [-0.15, -0.1) is 24.5 Å². The van der Waals surface area contributed by atoms with Crippen molar-refractivity contribution in [2.75, 3.05) is 17.6 Å². The number of primary amides is 1. The van der Waals surface area contributed by atoms with E-state index < -0.39 is 30.1 Å². The number of urea groups is 1. The Hall–Kier alpha value is -3.80. The number of alkyl halides is 3. The summed E-state index contributed by atoms with van der Waals surface area (Å²) in [5.74, 6) is -1.06. The highest BCUT2D eigenvalue weighted by Crippen LogP contribution is 2.41. The predicted octanol–water partition coefficient (Wildman–Crippen LogP) is 3.90. The molecule has 0 bridgehead atoms. The van der Waals surface area contributed by atoms with Gasteiger partial charge < -0.3 is 26.4 Å². The van der Waals surface area contributed by atoms with Gasteiger partial charge in [0.05, 0.1) is 16.6 Å². The van der Waals surface area contributed by atoms with Crippen molar-refractivity contribution in [3.63, 3.8) is 0 Å². The molecule has 1 aliphatic heterocycles. The van der Waals surface area contributed by atoms with Crippen LogP contribution < -0.4 is 21.5 Å². The van der Waals surface area contributed by atoms with Gasteiger partial charge in [-0.05, 0) is 30.3 Å². The lowest BCUT2D eigenvalue weighted by atomic mass is 9.96. The van der Waals surface area contributed by atoms with Crippen molar-refractivity contribution in [1.29, 1.82) is 0 Å². The molecule has 0 radical (unpaired) electrons. The number of nitrogen functional groups attached to an aromatic ring is 1. The summed E-state index contributed by atoms with van der Waals surface area (Å²) in [6, 6.07) is 10.7. The summed E-state index contributed by atoms with van der Waals surface area (Å²) >= 11 is 1.10. The summed E-state index contributed by atoms with van der Waals surface area (Å²) in [5, 5.41) is 2.82. The first-order valence-electron chi connectivity index (χ1n) is 9.69.